The van der Waals surface area contributed by atoms with Gasteiger partial charge < -0.3 is 25.0 Å². The Bertz CT molecular complexity index is 764. The van der Waals surface area contributed by atoms with Crippen LogP contribution in [0.3, 0.4) is 0 Å². The lowest BCUT2D eigenvalue weighted by Gasteiger charge is -2.29. The molecule has 7 heteroatoms. The van der Waals surface area contributed by atoms with Crippen LogP contribution in [0.5, 0.6) is 11.5 Å². The zero-order valence-corrected chi connectivity index (χ0v) is 20.8. The number of fused-ring (bicyclic) bond motifs is 1. The quantitative estimate of drug-likeness (QED) is 0.308. The number of hydrogen-bond donors (Lipinski definition) is 2. The van der Waals surface area contributed by atoms with E-state index in [1.165, 1.54) is 18.4 Å². The van der Waals surface area contributed by atoms with Crippen molar-refractivity contribution in [1.82, 2.24) is 15.5 Å². The molecule has 1 aliphatic heterocycles. The van der Waals surface area contributed by atoms with Crippen LogP contribution in [0.4, 0.5) is 0 Å². The van der Waals surface area contributed by atoms with Crippen LogP contribution in [0.25, 0.3) is 0 Å². The highest BCUT2D eigenvalue weighted by atomic mass is 16.5. The number of carbonyl (C=O) groups excluding carboxylic acids is 1. The topological polar surface area (TPSA) is 75.2 Å². The van der Waals surface area contributed by atoms with E-state index in [0.717, 1.165) is 55.5 Å². The van der Waals surface area contributed by atoms with Crippen molar-refractivity contribution in [2.45, 2.75) is 71.9 Å². The maximum atomic E-state index is 12.7. The summed E-state index contributed by atoms with van der Waals surface area (Å²) in [5.41, 5.74) is 2.36. The molecule has 32 heavy (non-hydrogen) atoms. The monoisotopic (exact) mass is 446 g/mol. The first-order valence-corrected chi connectivity index (χ1v) is 11.9. The first-order valence-electron chi connectivity index (χ1n) is 11.9. The molecule has 0 radical (unpaired) electrons. The molecule has 0 fully saturated rings. The second-order valence-corrected chi connectivity index (χ2v) is 9.01. The fraction of sp³-hybridized carbons (Fsp3) is 0.680. The van der Waals surface area contributed by atoms with E-state index in [1.807, 2.05) is 17.0 Å². The fourth-order valence-electron chi connectivity index (χ4n) is 4.03. The Labute approximate surface area is 194 Å². The van der Waals surface area contributed by atoms with Crippen LogP contribution in [-0.2, 0) is 17.8 Å². The van der Waals surface area contributed by atoms with Crippen molar-refractivity contribution in [1.29, 1.82) is 0 Å². The summed E-state index contributed by atoms with van der Waals surface area (Å²) in [5, 5.41) is 6.78. The molecule has 7 nitrogen and oxygen atoms in total. The molecule has 2 rings (SSSR count). The zero-order chi connectivity index (χ0) is 23.5. The van der Waals surface area contributed by atoms with E-state index in [0.29, 0.717) is 24.8 Å². The molecule has 1 aromatic rings. The Morgan fingerprint density at radius 1 is 1.09 bits per heavy atom. The van der Waals surface area contributed by atoms with E-state index in [-0.39, 0.29) is 5.91 Å². The summed E-state index contributed by atoms with van der Waals surface area (Å²) in [6.07, 6.45) is 5.74. The summed E-state index contributed by atoms with van der Waals surface area (Å²) in [5.74, 6) is 3.20. The van der Waals surface area contributed by atoms with Gasteiger partial charge in [0.15, 0.2) is 17.5 Å². The first kappa shape index (κ1) is 25.8. The number of amides is 1. The molecule has 0 saturated carbocycles. The minimum absolute atomic E-state index is 0.192. The molecule has 0 aromatic heterocycles. The number of ether oxygens (including phenoxy) is 2. The molecular weight excluding hydrogens is 404 g/mol. The molecule has 1 aromatic carbocycles. The summed E-state index contributed by atoms with van der Waals surface area (Å²) in [6, 6.07) is 4.40. The van der Waals surface area contributed by atoms with Crippen molar-refractivity contribution in [3.63, 3.8) is 0 Å². The lowest BCUT2D eigenvalue weighted by atomic mass is 9.98. The number of guanidine groups is 1. The van der Waals surface area contributed by atoms with Gasteiger partial charge in [0.25, 0.3) is 0 Å². The van der Waals surface area contributed by atoms with Crippen molar-refractivity contribution >= 4 is 11.9 Å². The Morgan fingerprint density at radius 3 is 2.41 bits per heavy atom. The van der Waals surface area contributed by atoms with Crippen LogP contribution in [0.2, 0.25) is 0 Å². The smallest absolute Gasteiger partial charge is 0.222 e. The lowest BCUT2D eigenvalue weighted by Crippen LogP contribution is -2.42. The molecule has 1 unspecified atom stereocenters. The number of hydrogen-bond acceptors (Lipinski definition) is 4. The molecule has 1 heterocycles. The van der Waals surface area contributed by atoms with E-state index in [9.17, 15) is 4.79 Å². The molecule has 0 aliphatic carbocycles. The predicted molar refractivity (Wildman–Crippen MR) is 131 cm³/mol. The minimum atomic E-state index is 0.192. The number of nitrogens with zero attached hydrogens (tertiary/aromatic N) is 2. The molecule has 2 N–H and O–H groups in total. The van der Waals surface area contributed by atoms with Crippen LogP contribution in [0.15, 0.2) is 17.1 Å². The first-order chi connectivity index (χ1) is 15.4. The van der Waals surface area contributed by atoms with Gasteiger partial charge in [0.05, 0.1) is 14.2 Å². The maximum absolute atomic E-state index is 12.7. The van der Waals surface area contributed by atoms with Crippen LogP contribution in [-0.4, -0.2) is 57.2 Å². The van der Waals surface area contributed by atoms with Crippen LogP contribution in [0, 0.1) is 5.92 Å². The highest BCUT2D eigenvalue weighted by Crippen LogP contribution is 2.33. The van der Waals surface area contributed by atoms with Crippen LogP contribution in [0.1, 0.15) is 64.0 Å². The average molecular weight is 447 g/mol. The molecule has 1 aliphatic rings. The van der Waals surface area contributed by atoms with E-state index in [1.54, 1.807) is 21.3 Å². The number of aliphatic imine (C=N–C) groups is 1. The van der Waals surface area contributed by atoms with Gasteiger partial charge in [0.1, 0.15) is 0 Å². The lowest BCUT2D eigenvalue weighted by molar-refractivity contribution is -0.132. The second-order valence-electron chi connectivity index (χ2n) is 9.01. The van der Waals surface area contributed by atoms with Crippen molar-refractivity contribution in [2.24, 2.45) is 10.9 Å². The average Bonchev–Trinajstić information content (AvgIpc) is 2.79. The van der Waals surface area contributed by atoms with Gasteiger partial charge in [-0.05, 0) is 55.4 Å². The third-order valence-corrected chi connectivity index (χ3v) is 5.96. The van der Waals surface area contributed by atoms with E-state index >= 15 is 0 Å². The molecular formula is C25H42N4O3. The summed E-state index contributed by atoms with van der Waals surface area (Å²) >= 11 is 0. The number of carbonyl (C=O) groups is 1. The Balaban J connectivity index is 1.74. The van der Waals surface area contributed by atoms with Crippen molar-refractivity contribution < 1.29 is 14.3 Å². The summed E-state index contributed by atoms with van der Waals surface area (Å²) in [6.45, 7) is 8.80. The van der Waals surface area contributed by atoms with Gasteiger partial charge in [-0.25, -0.2) is 0 Å². The third-order valence-electron chi connectivity index (χ3n) is 5.96. The normalized spacial score (nSPS) is 14.7. The van der Waals surface area contributed by atoms with Gasteiger partial charge in [-0.2, -0.15) is 0 Å². The third kappa shape index (κ3) is 7.92. The molecule has 0 bridgehead atoms. The van der Waals surface area contributed by atoms with Gasteiger partial charge in [0, 0.05) is 39.1 Å². The van der Waals surface area contributed by atoms with Crippen molar-refractivity contribution in [3.05, 3.63) is 23.3 Å². The molecule has 1 atom stereocenters. The zero-order valence-electron chi connectivity index (χ0n) is 20.8. The van der Waals surface area contributed by atoms with E-state index in [4.69, 9.17) is 9.47 Å². The Morgan fingerprint density at radius 2 is 1.78 bits per heavy atom. The highest BCUT2D eigenvalue weighted by Gasteiger charge is 2.22. The van der Waals surface area contributed by atoms with Crippen molar-refractivity contribution in [3.8, 4) is 11.5 Å². The molecule has 0 spiro atoms. The van der Waals surface area contributed by atoms with E-state index in [2.05, 4.69) is 36.4 Å². The van der Waals surface area contributed by atoms with Gasteiger partial charge in [-0.3, -0.25) is 9.79 Å². The predicted octanol–water partition coefficient (Wildman–Crippen LogP) is 3.75. The minimum Gasteiger partial charge on any atom is -0.493 e. The summed E-state index contributed by atoms with van der Waals surface area (Å²) < 4.78 is 10.8. The largest absolute Gasteiger partial charge is 0.493 e. The number of rotatable bonds is 11. The highest BCUT2D eigenvalue weighted by molar-refractivity contribution is 5.80. The molecule has 1 amide bonds. The SMILES string of the molecule is CN=C(NCCCC(=O)N1CCc2cc(OC)c(OC)cc2C1)NC(C)CCCC(C)C. The molecule has 0 saturated heterocycles. The number of nitrogens with one attached hydrogen (secondary N) is 2. The number of methoxy groups -OCH3 is 2. The van der Waals surface area contributed by atoms with Gasteiger partial charge in [0.2, 0.25) is 5.91 Å². The van der Waals surface area contributed by atoms with Gasteiger partial charge >= 0.3 is 0 Å². The second kappa shape index (κ2) is 13.2. The summed E-state index contributed by atoms with van der Waals surface area (Å²) in [7, 11) is 5.07. The summed E-state index contributed by atoms with van der Waals surface area (Å²) in [4.78, 5) is 19.0. The standard InChI is InChI=1S/C25H42N4O3/c1-18(2)9-7-10-19(3)28-25(26-4)27-13-8-11-24(30)29-14-12-20-15-22(31-5)23(32-6)16-21(20)17-29/h15-16,18-19H,7-14,17H2,1-6H3,(H2,26,27,28). The Kier molecular flexibility index (Phi) is 10.6. The molecule has 180 valence electrons. The van der Waals surface area contributed by atoms with Crippen LogP contribution < -0.4 is 20.1 Å². The van der Waals surface area contributed by atoms with Crippen LogP contribution >= 0.6 is 0 Å². The Hall–Kier alpha value is -2.44. The number of benzene rings is 1. The fourth-order valence-corrected chi connectivity index (χ4v) is 4.03. The van der Waals surface area contributed by atoms with Crippen molar-refractivity contribution in [2.75, 3.05) is 34.4 Å². The van der Waals surface area contributed by atoms with Gasteiger partial charge in [-0.15, -0.1) is 0 Å². The van der Waals surface area contributed by atoms with E-state index < -0.39 is 0 Å². The maximum Gasteiger partial charge on any atom is 0.222 e. The van der Waals surface area contributed by atoms with Gasteiger partial charge in [-0.1, -0.05) is 26.7 Å².